The molecule has 3 aromatic heterocycles. The fraction of sp³-hybridized carbons (Fsp3) is 0.192. The Morgan fingerprint density at radius 1 is 0.939 bits per heavy atom. The molecule has 0 unspecified atom stereocenters. The molecule has 0 saturated carbocycles. The number of hydrogen-bond acceptors (Lipinski definition) is 6. The van der Waals surface area contributed by atoms with Crippen molar-refractivity contribution >= 4 is 17.4 Å². The Balaban J connectivity index is 1.46. The number of aromatic nitrogens is 4. The lowest BCUT2D eigenvalue weighted by Crippen LogP contribution is -2.39. The summed E-state index contributed by atoms with van der Waals surface area (Å²) in [5, 5.41) is 3.39. The minimum Gasteiger partial charge on any atom is -0.340 e. The highest BCUT2D eigenvalue weighted by Gasteiger charge is 2.28. The molecule has 4 heterocycles. The number of hydrogen-bond donors (Lipinski definition) is 1. The van der Waals surface area contributed by atoms with Crippen LogP contribution in [0.5, 0.6) is 0 Å². The second-order valence-electron chi connectivity index (χ2n) is 8.06. The van der Waals surface area contributed by atoms with Gasteiger partial charge in [0.15, 0.2) is 0 Å². The molecule has 1 aliphatic heterocycles. The zero-order valence-electron chi connectivity index (χ0n) is 18.1. The Morgan fingerprint density at radius 3 is 2.58 bits per heavy atom. The molecule has 1 fully saturated rings. The minimum atomic E-state index is 0.0214. The summed E-state index contributed by atoms with van der Waals surface area (Å²) in [4.78, 5) is 32.9. The van der Waals surface area contributed by atoms with E-state index < -0.39 is 0 Å². The maximum absolute atomic E-state index is 13.0. The predicted octanol–water partition coefficient (Wildman–Crippen LogP) is 4.70. The molecular formula is C26H24N6O. The fourth-order valence-corrected chi connectivity index (χ4v) is 4.09. The minimum absolute atomic E-state index is 0.0214. The lowest BCUT2D eigenvalue weighted by Gasteiger charge is -2.32. The van der Waals surface area contributed by atoms with Crippen molar-refractivity contribution in [2.45, 2.75) is 18.8 Å². The van der Waals surface area contributed by atoms with Gasteiger partial charge in [-0.15, -0.1) is 0 Å². The molecular weight excluding hydrogens is 412 g/mol. The van der Waals surface area contributed by atoms with Gasteiger partial charge in [-0.3, -0.25) is 14.8 Å². The van der Waals surface area contributed by atoms with Crippen LogP contribution in [0.25, 0.3) is 11.3 Å². The summed E-state index contributed by atoms with van der Waals surface area (Å²) >= 11 is 0. The Morgan fingerprint density at radius 2 is 1.79 bits per heavy atom. The van der Waals surface area contributed by atoms with Gasteiger partial charge in [0.2, 0.25) is 0 Å². The molecule has 7 nitrogen and oxygen atoms in total. The summed E-state index contributed by atoms with van der Waals surface area (Å²) in [5.41, 5.74) is 3.35. The second kappa shape index (κ2) is 9.56. The van der Waals surface area contributed by atoms with E-state index in [0.29, 0.717) is 12.1 Å². The molecule has 164 valence electrons. The third-order valence-electron chi connectivity index (χ3n) is 5.75. The van der Waals surface area contributed by atoms with Crippen molar-refractivity contribution in [2.24, 2.45) is 0 Å². The standard InChI is InChI=1S/C26H24N6O/c33-26(19-10-13-27-14-11-19)32-15-5-7-21(18-32)25-30-23(20-6-4-12-28-17-20)16-24(31-25)29-22-8-2-1-3-9-22/h1-4,6,8-14,16-17,21H,5,7,15,18H2,(H,29,30,31)/t21-/m1/s1. The topological polar surface area (TPSA) is 83.9 Å². The molecule has 4 aromatic rings. The summed E-state index contributed by atoms with van der Waals surface area (Å²) in [7, 11) is 0. The largest absolute Gasteiger partial charge is 0.340 e. The number of benzene rings is 1. The van der Waals surface area contributed by atoms with Gasteiger partial charge in [0.05, 0.1) is 5.69 Å². The molecule has 0 spiro atoms. The van der Waals surface area contributed by atoms with Gasteiger partial charge in [0.1, 0.15) is 11.6 Å². The lowest BCUT2D eigenvalue weighted by atomic mass is 9.96. The Bertz CT molecular complexity index is 1220. The van der Waals surface area contributed by atoms with Gasteiger partial charge in [-0.2, -0.15) is 0 Å². The molecule has 1 N–H and O–H groups in total. The average Bonchev–Trinajstić information content (AvgIpc) is 2.90. The molecule has 1 saturated heterocycles. The number of likely N-dealkylation sites (tertiary alicyclic amines) is 1. The number of nitrogens with one attached hydrogen (secondary N) is 1. The van der Waals surface area contributed by atoms with Crippen molar-refractivity contribution in [3.05, 3.63) is 96.8 Å². The monoisotopic (exact) mass is 436 g/mol. The maximum atomic E-state index is 13.0. The number of carbonyl (C=O) groups is 1. The van der Waals surface area contributed by atoms with Gasteiger partial charge < -0.3 is 10.2 Å². The normalized spacial score (nSPS) is 15.8. The fourth-order valence-electron chi connectivity index (χ4n) is 4.09. The quantitative estimate of drug-likeness (QED) is 0.488. The maximum Gasteiger partial charge on any atom is 0.253 e. The molecule has 0 bridgehead atoms. The average molecular weight is 437 g/mol. The van der Waals surface area contributed by atoms with Crippen LogP contribution in [0.15, 0.2) is 85.5 Å². The summed E-state index contributed by atoms with van der Waals surface area (Å²) in [6.45, 7) is 1.32. The molecule has 0 aliphatic carbocycles. The second-order valence-corrected chi connectivity index (χ2v) is 8.06. The number of carbonyl (C=O) groups excluding carboxylic acids is 1. The van der Waals surface area contributed by atoms with Crippen LogP contribution >= 0.6 is 0 Å². The number of amides is 1. The van der Waals surface area contributed by atoms with Crippen LogP contribution in [-0.2, 0) is 0 Å². The van der Waals surface area contributed by atoms with Gasteiger partial charge in [0.25, 0.3) is 5.91 Å². The van der Waals surface area contributed by atoms with Crippen LogP contribution in [0.4, 0.5) is 11.5 Å². The first-order valence-corrected chi connectivity index (χ1v) is 11.1. The van der Waals surface area contributed by atoms with Gasteiger partial charge in [-0.25, -0.2) is 9.97 Å². The van der Waals surface area contributed by atoms with E-state index in [9.17, 15) is 4.79 Å². The predicted molar refractivity (Wildman–Crippen MR) is 127 cm³/mol. The SMILES string of the molecule is O=C(c1ccncc1)N1CCC[C@@H](c2nc(Nc3ccccc3)cc(-c3cccnc3)n2)C1. The highest BCUT2D eigenvalue weighted by molar-refractivity contribution is 5.94. The van der Waals surface area contributed by atoms with E-state index in [2.05, 4.69) is 15.3 Å². The van der Waals surface area contributed by atoms with Crippen LogP contribution in [0.1, 0.15) is 34.9 Å². The molecule has 1 aliphatic rings. The van der Waals surface area contributed by atoms with Crippen LogP contribution in [0, 0.1) is 0 Å². The highest BCUT2D eigenvalue weighted by Crippen LogP contribution is 2.29. The van der Waals surface area contributed by atoms with Gasteiger partial charge >= 0.3 is 0 Å². The number of pyridine rings is 2. The van der Waals surface area contributed by atoms with Crippen LogP contribution in [0.2, 0.25) is 0 Å². The molecule has 1 atom stereocenters. The van der Waals surface area contributed by atoms with Gasteiger partial charge in [-0.05, 0) is 49.2 Å². The van der Waals surface area contributed by atoms with Crippen molar-refractivity contribution in [3.63, 3.8) is 0 Å². The van der Waals surface area contributed by atoms with Gasteiger partial charge in [0, 0.05) is 66.7 Å². The summed E-state index contributed by atoms with van der Waals surface area (Å²) in [6, 6.07) is 19.3. The van der Waals surface area contributed by atoms with E-state index in [1.165, 1.54) is 0 Å². The van der Waals surface area contributed by atoms with Crippen LogP contribution < -0.4 is 5.32 Å². The molecule has 1 amide bonds. The Kier molecular flexibility index (Phi) is 6.01. The number of nitrogens with zero attached hydrogens (tertiary/aromatic N) is 5. The first-order valence-electron chi connectivity index (χ1n) is 11.1. The molecule has 1 aromatic carbocycles. The van der Waals surface area contributed by atoms with E-state index in [-0.39, 0.29) is 11.8 Å². The highest BCUT2D eigenvalue weighted by atomic mass is 16.2. The smallest absolute Gasteiger partial charge is 0.253 e. The van der Waals surface area contributed by atoms with E-state index in [0.717, 1.165) is 48.0 Å². The number of rotatable bonds is 5. The summed E-state index contributed by atoms with van der Waals surface area (Å²) in [5.74, 6) is 1.54. The van der Waals surface area contributed by atoms with E-state index in [4.69, 9.17) is 9.97 Å². The van der Waals surface area contributed by atoms with Crippen molar-refractivity contribution in [1.29, 1.82) is 0 Å². The van der Waals surface area contributed by atoms with Crippen LogP contribution in [0.3, 0.4) is 0 Å². The van der Waals surface area contributed by atoms with Crippen LogP contribution in [-0.4, -0.2) is 43.8 Å². The summed E-state index contributed by atoms with van der Waals surface area (Å²) in [6.07, 6.45) is 8.69. The van der Waals surface area contributed by atoms with E-state index in [1.54, 1.807) is 36.9 Å². The van der Waals surface area contributed by atoms with Gasteiger partial charge in [-0.1, -0.05) is 18.2 Å². The molecule has 33 heavy (non-hydrogen) atoms. The van der Waals surface area contributed by atoms with Crippen molar-refractivity contribution in [2.75, 3.05) is 18.4 Å². The lowest BCUT2D eigenvalue weighted by molar-refractivity contribution is 0.0704. The molecule has 7 heteroatoms. The third kappa shape index (κ3) is 4.87. The number of anilines is 2. The van der Waals surface area contributed by atoms with Crippen molar-refractivity contribution < 1.29 is 4.79 Å². The zero-order chi connectivity index (χ0) is 22.5. The Labute approximate surface area is 192 Å². The first kappa shape index (κ1) is 20.8. The van der Waals surface area contributed by atoms with E-state index >= 15 is 0 Å². The summed E-state index contributed by atoms with van der Waals surface area (Å²) < 4.78 is 0. The zero-order valence-corrected chi connectivity index (χ0v) is 18.1. The number of para-hydroxylation sites is 1. The number of piperidine rings is 1. The van der Waals surface area contributed by atoms with Crippen molar-refractivity contribution in [3.8, 4) is 11.3 Å². The van der Waals surface area contributed by atoms with Crippen molar-refractivity contribution in [1.82, 2.24) is 24.8 Å². The third-order valence-corrected chi connectivity index (χ3v) is 5.75. The Hall–Kier alpha value is -4.13. The molecule has 0 radical (unpaired) electrons. The first-order chi connectivity index (χ1) is 16.3. The molecule has 5 rings (SSSR count). The van der Waals surface area contributed by atoms with E-state index in [1.807, 2.05) is 53.4 Å².